The number of nitrogens with one attached hydrogen (secondary N) is 2. The van der Waals surface area contributed by atoms with Crippen LogP contribution in [0.1, 0.15) is 40.1 Å². The molecule has 0 radical (unpaired) electrons. The molecule has 3 aromatic carbocycles. The lowest BCUT2D eigenvalue weighted by Gasteiger charge is -2.29. The van der Waals surface area contributed by atoms with Crippen molar-refractivity contribution in [3.05, 3.63) is 87.9 Å². The molecule has 3 amide bonds. The molecule has 7 nitrogen and oxygen atoms in total. The van der Waals surface area contributed by atoms with Gasteiger partial charge in [0, 0.05) is 24.2 Å². The summed E-state index contributed by atoms with van der Waals surface area (Å²) in [7, 11) is 0. The van der Waals surface area contributed by atoms with E-state index < -0.39 is 23.4 Å². The molecule has 0 unspecified atom stereocenters. The zero-order valence-electron chi connectivity index (χ0n) is 19.4. The molecule has 186 valence electrons. The molecule has 1 aliphatic rings. The first-order chi connectivity index (χ1) is 17.1. The Labute approximate surface area is 211 Å². The second-order valence-electron chi connectivity index (χ2n) is 8.49. The zero-order valence-corrected chi connectivity index (χ0v) is 20.2. The fourth-order valence-corrected chi connectivity index (χ4v) is 3.78. The summed E-state index contributed by atoms with van der Waals surface area (Å²) in [6, 6.07) is 12.1. The van der Waals surface area contributed by atoms with Crippen molar-refractivity contribution < 1.29 is 27.9 Å². The average molecular weight is 514 g/mol. The minimum atomic E-state index is -0.826. The third-order valence-electron chi connectivity index (χ3n) is 5.49. The number of hydrogen-bond acceptors (Lipinski definition) is 4. The van der Waals surface area contributed by atoms with E-state index in [-0.39, 0.29) is 58.4 Å². The monoisotopic (exact) mass is 513 g/mol. The Balaban J connectivity index is 1.53. The summed E-state index contributed by atoms with van der Waals surface area (Å²) < 4.78 is 32.9. The number of carbonyl (C=O) groups excluding carboxylic acids is 3. The standard InChI is InChI=1S/C26H22ClF2N3O4/c1-14(2)24(33)30-12-15-3-5-22(27)20(7-15)25(34)31-18-4-6-23-21(11-18)26(35)32(13-36-23)19-9-16(28)8-17(29)10-19/h3-11,14H,12-13H2,1-2H3,(H,30,33)(H,31,34). The number of amides is 3. The number of benzene rings is 3. The summed E-state index contributed by atoms with van der Waals surface area (Å²) >= 11 is 6.23. The Bertz CT molecular complexity index is 1340. The molecule has 1 heterocycles. The number of hydrogen-bond donors (Lipinski definition) is 2. The van der Waals surface area contributed by atoms with E-state index in [1.807, 2.05) is 0 Å². The van der Waals surface area contributed by atoms with Crippen molar-refractivity contribution >= 4 is 40.7 Å². The van der Waals surface area contributed by atoms with Gasteiger partial charge < -0.3 is 15.4 Å². The summed E-state index contributed by atoms with van der Waals surface area (Å²) in [5.74, 6) is -2.74. The first kappa shape index (κ1) is 25.1. The number of carbonyl (C=O) groups is 3. The highest BCUT2D eigenvalue weighted by atomic mass is 35.5. The van der Waals surface area contributed by atoms with Crippen LogP contribution in [0.5, 0.6) is 5.75 Å². The third kappa shape index (κ3) is 5.46. The summed E-state index contributed by atoms with van der Waals surface area (Å²) in [5, 5.41) is 5.69. The van der Waals surface area contributed by atoms with Gasteiger partial charge in [0.1, 0.15) is 17.4 Å². The van der Waals surface area contributed by atoms with Gasteiger partial charge in [0.15, 0.2) is 6.73 Å². The van der Waals surface area contributed by atoms with Crippen molar-refractivity contribution in [1.82, 2.24) is 5.32 Å². The molecule has 1 aliphatic heterocycles. The minimum Gasteiger partial charge on any atom is -0.472 e. The molecule has 0 aromatic heterocycles. The highest BCUT2D eigenvalue weighted by Gasteiger charge is 2.28. The lowest BCUT2D eigenvalue weighted by molar-refractivity contribution is -0.124. The number of nitrogens with zero attached hydrogens (tertiary/aromatic N) is 1. The van der Waals surface area contributed by atoms with Gasteiger partial charge in [-0.1, -0.05) is 31.5 Å². The topological polar surface area (TPSA) is 87.7 Å². The Morgan fingerprint density at radius 2 is 1.78 bits per heavy atom. The van der Waals surface area contributed by atoms with Crippen LogP contribution in [0, 0.1) is 17.6 Å². The maximum absolute atomic E-state index is 13.7. The van der Waals surface area contributed by atoms with E-state index in [0.29, 0.717) is 11.6 Å². The van der Waals surface area contributed by atoms with Gasteiger partial charge in [-0.15, -0.1) is 0 Å². The molecule has 0 fully saturated rings. The van der Waals surface area contributed by atoms with Crippen LogP contribution in [-0.2, 0) is 11.3 Å². The number of halogens is 3. The van der Waals surface area contributed by atoms with E-state index in [9.17, 15) is 23.2 Å². The van der Waals surface area contributed by atoms with Crippen molar-refractivity contribution in [2.45, 2.75) is 20.4 Å². The normalized spacial score (nSPS) is 12.7. The Morgan fingerprint density at radius 3 is 2.47 bits per heavy atom. The number of rotatable bonds is 6. The average Bonchev–Trinajstić information content (AvgIpc) is 2.83. The second kappa shape index (κ2) is 10.3. The van der Waals surface area contributed by atoms with E-state index in [4.69, 9.17) is 16.3 Å². The van der Waals surface area contributed by atoms with E-state index in [2.05, 4.69) is 10.6 Å². The molecule has 0 bridgehead atoms. The van der Waals surface area contributed by atoms with E-state index >= 15 is 0 Å². The fraction of sp³-hybridized carbons (Fsp3) is 0.192. The molecule has 2 N–H and O–H groups in total. The molecule has 4 rings (SSSR count). The Hall–Kier alpha value is -3.98. The van der Waals surface area contributed by atoms with Gasteiger partial charge >= 0.3 is 0 Å². The lowest BCUT2D eigenvalue weighted by atomic mass is 10.1. The first-order valence-corrected chi connectivity index (χ1v) is 11.4. The summed E-state index contributed by atoms with van der Waals surface area (Å²) in [5.41, 5.74) is 1.28. The predicted molar refractivity (Wildman–Crippen MR) is 131 cm³/mol. The van der Waals surface area contributed by atoms with Crippen molar-refractivity contribution in [3.8, 4) is 5.75 Å². The summed E-state index contributed by atoms with van der Waals surface area (Å²) in [6.07, 6.45) is 0. The van der Waals surface area contributed by atoms with Crippen LogP contribution in [0.3, 0.4) is 0 Å². The Kier molecular flexibility index (Phi) is 7.21. The first-order valence-electron chi connectivity index (χ1n) is 11.0. The highest BCUT2D eigenvalue weighted by molar-refractivity contribution is 6.34. The van der Waals surface area contributed by atoms with Crippen LogP contribution in [-0.4, -0.2) is 24.5 Å². The molecular weight excluding hydrogens is 492 g/mol. The van der Waals surface area contributed by atoms with Gasteiger partial charge in [-0.25, -0.2) is 8.78 Å². The van der Waals surface area contributed by atoms with E-state index in [0.717, 1.165) is 17.0 Å². The SMILES string of the molecule is CC(C)C(=O)NCc1ccc(Cl)c(C(=O)Nc2ccc3c(c2)C(=O)N(c2cc(F)cc(F)c2)CO3)c1. The van der Waals surface area contributed by atoms with Crippen LogP contribution in [0.2, 0.25) is 5.02 Å². The number of ether oxygens (including phenoxy) is 1. The molecule has 36 heavy (non-hydrogen) atoms. The van der Waals surface area contributed by atoms with Gasteiger partial charge in [-0.05, 0) is 48.0 Å². The predicted octanol–water partition coefficient (Wildman–Crippen LogP) is 5.14. The van der Waals surface area contributed by atoms with Crippen LogP contribution in [0.25, 0.3) is 0 Å². The number of anilines is 2. The van der Waals surface area contributed by atoms with Crippen molar-refractivity contribution in [2.75, 3.05) is 16.9 Å². The molecular formula is C26H22ClF2N3O4. The summed E-state index contributed by atoms with van der Waals surface area (Å²) in [6.45, 7) is 3.56. The lowest BCUT2D eigenvalue weighted by Crippen LogP contribution is -2.38. The maximum atomic E-state index is 13.7. The molecule has 3 aromatic rings. The van der Waals surface area contributed by atoms with Crippen LogP contribution < -0.4 is 20.3 Å². The van der Waals surface area contributed by atoms with Crippen molar-refractivity contribution in [3.63, 3.8) is 0 Å². The van der Waals surface area contributed by atoms with E-state index in [1.165, 1.54) is 12.1 Å². The smallest absolute Gasteiger partial charge is 0.264 e. The van der Waals surface area contributed by atoms with Crippen LogP contribution in [0.4, 0.5) is 20.2 Å². The Morgan fingerprint density at radius 1 is 1.06 bits per heavy atom. The molecule has 0 aliphatic carbocycles. The van der Waals surface area contributed by atoms with Crippen molar-refractivity contribution in [1.29, 1.82) is 0 Å². The fourth-order valence-electron chi connectivity index (χ4n) is 3.57. The quantitative estimate of drug-likeness (QED) is 0.478. The van der Waals surface area contributed by atoms with E-state index in [1.54, 1.807) is 38.1 Å². The van der Waals surface area contributed by atoms with Gasteiger partial charge in [0.2, 0.25) is 5.91 Å². The van der Waals surface area contributed by atoms with Gasteiger partial charge in [-0.3, -0.25) is 19.3 Å². The molecule has 0 saturated heterocycles. The largest absolute Gasteiger partial charge is 0.472 e. The second-order valence-corrected chi connectivity index (χ2v) is 8.89. The molecule has 0 spiro atoms. The maximum Gasteiger partial charge on any atom is 0.264 e. The zero-order chi connectivity index (χ0) is 26.0. The molecule has 0 atom stereocenters. The highest BCUT2D eigenvalue weighted by Crippen LogP contribution is 2.31. The molecule has 0 saturated carbocycles. The van der Waals surface area contributed by atoms with Gasteiger partial charge in [0.05, 0.1) is 21.8 Å². The van der Waals surface area contributed by atoms with Gasteiger partial charge in [-0.2, -0.15) is 0 Å². The minimum absolute atomic E-state index is 0.00532. The van der Waals surface area contributed by atoms with Gasteiger partial charge in [0.25, 0.3) is 11.8 Å². The summed E-state index contributed by atoms with van der Waals surface area (Å²) in [4.78, 5) is 38.9. The third-order valence-corrected chi connectivity index (χ3v) is 5.82. The molecule has 10 heteroatoms. The van der Waals surface area contributed by atoms with Crippen molar-refractivity contribution in [2.24, 2.45) is 5.92 Å². The van der Waals surface area contributed by atoms with Crippen LogP contribution >= 0.6 is 11.6 Å². The van der Waals surface area contributed by atoms with Crippen LogP contribution in [0.15, 0.2) is 54.6 Å². The number of fused-ring (bicyclic) bond motifs is 1.